The normalized spacial score (nSPS) is 9.39. The fraction of sp³-hybridized carbons (Fsp3) is 0.364. The van der Waals surface area contributed by atoms with Crippen molar-refractivity contribution < 1.29 is 28.5 Å². The summed E-state index contributed by atoms with van der Waals surface area (Å²) in [6.07, 6.45) is 0. The van der Waals surface area contributed by atoms with Crippen LogP contribution in [0.3, 0.4) is 0 Å². The van der Waals surface area contributed by atoms with E-state index in [-0.39, 0.29) is 5.91 Å². The lowest BCUT2D eigenvalue weighted by Gasteiger charge is -2.11. The third kappa shape index (κ3) is 9.79. The maximum absolute atomic E-state index is 11.7. The standard InChI is InChI=1S/C11H14BrNO3.C9H8BrClO3.C2H7N/c1-4-13-11(14)7-5-9(15-2)10(16-3)6-8(7)12;1-13-7-3-5(9(11)12)6(10)4-8(7)14-2;1-2-3/h5-6H,4H2,1-3H3,(H,13,14);3-4H,1-2H3;2-3H2,1H3. The van der Waals surface area contributed by atoms with Gasteiger partial charge in [0.25, 0.3) is 11.1 Å². The van der Waals surface area contributed by atoms with Gasteiger partial charge in [-0.3, -0.25) is 9.59 Å². The van der Waals surface area contributed by atoms with Gasteiger partial charge in [0.15, 0.2) is 23.0 Å². The van der Waals surface area contributed by atoms with Gasteiger partial charge in [-0.25, -0.2) is 0 Å². The first-order valence-electron chi connectivity index (χ1n) is 9.66. The Hall–Kier alpha value is -2.01. The Bertz CT molecular complexity index is 928. The minimum atomic E-state index is -0.544. The van der Waals surface area contributed by atoms with E-state index in [4.69, 9.17) is 36.3 Å². The van der Waals surface area contributed by atoms with Crippen molar-refractivity contribution in [3.05, 3.63) is 44.3 Å². The van der Waals surface area contributed by atoms with Crippen LogP contribution in [0.15, 0.2) is 33.2 Å². The van der Waals surface area contributed by atoms with E-state index < -0.39 is 5.24 Å². The summed E-state index contributed by atoms with van der Waals surface area (Å²) in [7, 11) is 6.10. The molecule has 1 amide bonds. The van der Waals surface area contributed by atoms with Gasteiger partial charge in [0.2, 0.25) is 0 Å². The lowest BCUT2D eigenvalue weighted by atomic mass is 10.2. The zero-order valence-electron chi connectivity index (χ0n) is 19.4. The highest BCUT2D eigenvalue weighted by atomic mass is 79.9. The lowest BCUT2D eigenvalue weighted by molar-refractivity contribution is 0.0954. The van der Waals surface area contributed by atoms with Crippen molar-refractivity contribution in [1.82, 2.24) is 5.32 Å². The van der Waals surface area contributed by atoms with E-state index in [0.717, 1.165) is 6.54 Å². The second kappa shape index (κ2) is 16.6. The largest absolute Gasteiger partial charge is 0.493 e. The quantitative estimate of drug-likeness (QED) is 0.423. The number of halogens is 3. The van der Waals surface area contributed by atoms with Crippen LogP contribution in [0.4, 0.5) is 0 Å². The monoisotopic (exact) mass is 610 g/mol. The topological polar surface area (TPSA) is 109 Å². The van der Waals surface area contributed by atoms with Crippen molar-refractivity contribution in [2.45, 2.75) is 13.8 Å². The minimum Gasteiger partial charge on any atom is -0.493 e. The van der Waals surface area contributed by atoms with Crippen molar-refractivity contribution in [1.29, 1.82) is 0 Å². The van der Waals surface area contributed by atoms with Crippen LogP contribution in [-0.4, -0.2) is 52.7 Å². The van der Waals surface area contributed by atoms with Crippen molar-refractivity contribution in [2.24, 2.45) is 5.73 Å². The van der Waals surface area contributed by atoms with Crippen LogP contribution in [-0.2, 0) is 0 Å². The molecule has 0 heterocycles. The molecule has 2 aromatic rings. The van der Waals surface area contributed by atoms with Crippen LogP contribution in [0, 0.1) is 0 Å². The number of amides is 1. The highest BCUT2D eigenvalue weighted by Gasteiger charge is 2.15. The first kappa shape index (κ1) is 31.0. The fourth-order valence-corrected chi connectivity index (χ4v) is 3.56. The fourth-order valence-electron chi connectivity index (χ4n) is 2.29. The van der Waals surface area contributed by atoms with E-state index >= 15 is 0 Å². The SMILES string of the molecule is CCN.CCNC(=O)c1cc(OC)c(OC)cc1Br.COc1cc(Br)c(C(=O)Cl)cc1OC. The molecule has 0 radical (unpaired) electrons. The summed E-state index contributed by atoms with van der Waals surface area (Å²) in [4.78, 5) is 22.7. The summed E-state index contributed by atoms with van der Waals surface area (Å²) in [6, 6.07) is 6.52. The van der Waals surface area contributed by atoms with Crippen molar-refractivity contribution in [2.75, 3.05) is 41.5 Å². The Balaban J connectivity index is 0.000000558. The lowest BCUT2D eigenvalue weighted by Crippen LogP contribution is -2.23. The van der Waals surface area contributed by atoms with E-state index in [2.05, 4.69) is 37.2 Å². The van der Waals surface area contributed by atoms with Crippen LogP contribution < -0.4 is 30.0 Å². The molecule has 184 valence electrons. The highest BCUT2D eigenvalue weighted by molar-refractivity contribution is 9.10. The molecule has 0 bridgehead atoms. The van der Waals surface area contributed by atoms with Gasteiger partial charge in [0, 0.05) is 15.5 Å². The van der Waals surface area contributed by atoms with Crippen molar-refractivity contribution in [3.8, 4) is 23.0 Å². The van der Waals surface area contributed by atoms with Crippen molar-refractivity contribution in [3.63, 3.8) is 0 Å². The molecule has 0 aromatic heterocycles. The Kier molecular flexibility index (Phi) is 15.6. The molecule has 0 aliphatic rings. The predicted molar refractivity (Wildman–Crippen MR) is 137 cm³/mol. The molecule has 0 unspecified atom stereocenters. The number of carbonyl (C=O) groups excluding carboxylic acids is 2. The van der Waals surface area contributed by atoms with E-state index in [1.807, 2.05) is 13.8 Å². The van der Waals surface area contributed by atoms with Gasteiger partial charge in [0.05, 0.1) is 39.6 Å². The van der Waals surface area contributed by atoms with Crippen LogP contribution in [0.25, 0.3) is 0 Å². The van der Waals surface area contributed by atoms with Crippen LogP contribution in [0.1, 0.15) is 34.6 Å². The smallest absolute Gasteiger partial charge is 0.253 e. The summed E-state index contributed by atoms with van der Waals surface area (Å²) in [5, 5.41) is 2.18. The third-order valence-corrected chi connectivity index (χ3v) is 5.26. The molecule has 0 atom stereocenters. The van der Waals surface area contributed by atoms with Crippen LogP contribution in [0.2, 0.25) is 0 Å². The molecule has 11 heteroatoms. The Morgan fingerprint density at radius 1 is 0.818 bits per heavy atom. The number of carbonyl (C=O) groups is 2. The predicted octanol–water partition coefficient (Wildman–Crippen LogP) is 5.03. The minimum absolute atomic E-state index is 0.143. The van der Waals surface area contributed by atoms with E-state index in [0.29, 0.717) is 49.6 Å². The number of hydrogen-bond acceptors (Lipinski definition) is 7. The van der Waals surface area contributed by atoms with Gasteiger partial charge in [-0.1, -0.05) is 6.92 Å². The first-order valence-corrected chi connectivity index (χ1v) is 11.6. The molecule has 0 saturated heterocycles. The van der Waals surface area contributed by atoms with Gasteiger partial charge in [-0.2, -0.15) is 0 Å². The maximum atomic E-state index is 11.7. The van der Waals surface area contributed by atoms with E-state index in [9.17, 15) is 9.59 Å². The average molecular weight is 613 g/mol. The summed E-state index contributed by atoms with van der Waals surface area (Å²) >= 11 is 11.9. The van der Waals surface area contributed by atoms with E-state index in [1.54, 1.807) is 25.3 Å². The molecule has 2 rings (SSSR count). The molecule has 0 fully saturated rings. The Morgan fingerprint density at radius 2 is 1.15 bits per heavy atom. The number of nitrogens with one attached hydrogen (secondary N) is 1. The molecular weight excluding hydrogens is 584 g/mol. The molecule has 0 spiro atoms. The van der Waals surface area contributed by atoms with Gasteiger partial charge in [0.1, 0.15) is 0 Å². The molecule has 3 N–H and O–H groups in total. The average Bonchev–Trinajstić information content (AvgIpc) is 2.79. The van der Waals surface area contributed by atoms with Crippen LogP contribution >= 0.6 is 43.5 Å². The highest BCUT2D eigenvalue weighted by Crippen LogP contribution is 2.34. The summed E-state index contributed by atoms with van der Waals surface area (Å²) in [5.74, 6) is 1.99. The molecule has 0 aliphatic heterocycles. The number of benzene rings is 2. The second-order valence-electron chi connectivity index (χ2n) is 5.92. The summed E-state index contributed by atoms with van der Waals surface area (Å²) < 4.78 is 21.6. The summed E-state index contributed by atoms with van der Waals surface area (Å²) in [6.45, 7) is 5.10. The third-order valence-electron chi connectivity index (χ3n) is 3.74. The van der Waals surface area contributed by atoms with Gasteiger partial charge >= 0.3 is 0 Å². The number of methoxy groups -OCH3 is 4. The zero-order chi connectivity index (χ0) is 25.6. The van der Waals surface area contributed by atoms with Gasteiger partial charge in [-0.15, -0.1) is 0 Å². The molecule has 0 aliphatic carbocycles. The maximum Gasteiger partial charge on any atom is 0.253 e. The van der Waals surface area contributed by atoms with Crippen LogP contribution in [0.5, 0.6) is 23.0 Å². The molecule has 8 nitrogen and oxygen atoms in total. The Morgan fingerprint density at radius 3 is 1.48 bits per heavy atom. The number of hydrogen-bond donors (Lipinski definition) is 2. The number of ether oxygens (including phenoxy) is 4. The first-order chi connectivity index (χ1) is 15.6. The number of rotatable bonds is 7. The second-order valence-corrected chi connectivity index (χ2v) is 7.97. The Labute approximate surface area is 216 Å². The molecule has 33 heavy (non-hydrogen) atoms. The van der Waals surface area contributed by atoms with E-state index in [1.165, 1.54) is 27.4 Å². The molecule has 2 aromatic carbocycles. The van der Waals surface area contributed by atoms with Gasteiger partial charge in [-0.05, 0) is 81.2 Å². The van der Waals surface area contributed by atoms with Gasteiger partial charge < -0.3 is 30.0 Å². The molecular formula is C22H29Br2ClN2O6. The molecule has 0 saturated carbocycles. The zero-order valence-corrected chi connectivity index (χ0v) is 23.3. The number of nitrogens with two attached hydrogens (primary N) is 1. The van der Waals surface area contributed by atoms with Crippen molar-refractivity contribution >= 4 is 54.6 Å². The summed E-state index contributed by atoms with van der Waals surface area (Å²) in [5.41, 5.74) is 5.73.